The Morgan fingerprint density at radius 1 is 0.762 bits per heavy atom. The second-order valence-corrected chi connectivity index (χ2v) is 11.6. The molecule has 0 saturated carbocycles. The van der Waals surface area contributed by atoms with Gasteiger partial charge in [0, 0.05) is 44.2 Å². The van der Waals surface area contributed by atoms with Crippen LogP contribution < -0.4 is 0 Å². The number of nitrogens with zero attached hydrogens (tertiary/aromatic N) is 3. The molecule has 1 atom stereocenters. The van der Waals surface area contributed by atoms with Crippen LogP contribution >= 0.6 is 0 Å². The second kappa shape index (κ2) is 12.7. The van der Waals surface area contributed by atoms with E-state index in [4.69, 9.17) is 0 Å². The van der Waals surface area contributed by atoms with Gasteiger partial charge in [-0.1, -0.05) is 109 Å². The van der Waals surface area contributed by atoms with Gasteiger partial charge in [-0.2, -0.15) is 0 Å². The molecule has 2 aliphatic heterocycles. The van der Waals surface area contributed by atoms with Crippen molar-refractivity contribution in [3.63, 3.8) is 0 Å². The zero-order chi connectivity index (χ0) is 28.9. The lowest BCUT2D eigenvalue weighted by Gasteiger charge is -2.39. The normalized spacial score (nSPS) is 16.4. The van der Waals surface area contributed by atoms with Crippen molar-refractivity contribution in [1.29, 1.82) is 0 Å². The largest absolute Gasteiger partial charge is 0.341 e. The molecule has 0 radical (unpaired) electrons. The highest BCUT2D eigenvalue weighted by atomic mass is 16.2. The molecule has 6 rings (SSSR count). The maximum absolute atomic E-state index is 14.2. The number of benzene rings is 4. The molecule has 1 saturated heterocycles. The van der Waals surface area contributed by atoms with Gasteiger partial charge in [-0.15, -0.1) is 0 Å². The predicted molar refractivity (Wildman–Crippen MR) is 167 cm³/mol. The highest BCUT2D eigenvalue weighted by Crippen LogP contribution is 2.34. The van der Waals surface area contributed by atoms with Crippen molar-refractivity contribution < 1.29 is 9.59 Å². The van der Waals surface area contributed by atoms with Crippen molar-refractivity contribution in [2.75, 3.05) is 26.7 Å². The van der Waals surface area contributed by atoms with Gasteiger partial charge in [-0.25, -0.2) is 0 Å². The van der Waals surface area contributed by atoms with E-state index in [2.05, 4.69) is 65.6 Å². The first kappa shape index (κ1) is 27.9. The lowest BCUT2D eigenvalue weighted by Crippen LogP contribution is -2.49. The molecule has 5 heteroatoms. The highest BCUT2D eigenvalue weighted by molar-refractivity contribution is 6.01. The van der Waals surface area contributed by atoms with E-state index in [9.17, 15) is 9.59 Å². The minimum atomic E-state index is -0.633. The van der Waals surface area contributed by atoms with Crippen molar-refractivity contribution in [3.8, 4) is 0 Å². The Morgan fingerprint density at radius 3 is 1.86 bits per heavy atom. The zero-order valence-electron chi connectivity index (χ0n) is 24.3. The summed E-state index contributed by atoms with van der Waals surface area (Å²) in [6.45, 7) is 3.40. The molecule has 0 aliphatic carbocycles. The predicted octanol–water partition coefficient (Wildman–Crippen LogP) is 6.53. The van der Waals surface area contributed by atoms with Crippen LogP contribution in [0.3, 0.4) is 0 Å². The lowest BCUT2D eigenvalue weighted by atomic mass is 9.88. The van der Waals surface area contributed by atoms with Gasteiger partial charge < -0.3 is 14.7 Å². The Bertz CT molecular complexity index is 1440. The van der Waals surface area contributed by atoms with Crippen LogP contribution in [0, 0.1) is 0 Å². The quantitative estimate of drug-likeness (QED) is 0.235. The summed E-state index contributed by atoms with van der Waals surface area (Å²) in [7, 11) is 1.92. The van der Waals surface area contributed by atoms with E-state index < -0.39 is 6.04 Å². The Labute approximate surface area is 249 Å². The van der Waals surface area contributed by atoms with Crippen LogP contribution in [0.25, 0.3) is 0 Å². The maximum atomic E-state index is 14.2. The number of likely N-dealkylation sites (N-methyl/N-ethyl adjacent to an activating group) is 1. The molecule has 0 spiro atoms. The maximum Gasteiger partial charge on any atom is 0.255 e. The van der Waals surface area contributed by atoms with Crippen LogP contribution in [-0.2, 0) is 11.3 Å². The van der Waals surface area contributed by atoms with Gasteiger partial charge in [0.15, 0.2) is 0 Å². The van der Waals surface area contributed by atoms with Crippen molar-refractivity contribution in [2.45, 2.75) is 43.8 Å². The van der Waals surface area contributed by atoms with Gasteiger partial charge in [-0.3, -0.25) is 9.59 Å². The number of hydrogen-bond donors (Lipinski definition) is 0. The first-order valence-corrected chi connectivity index (χ1v) is 15.1. The van der Waals surface area contributed by atoms with E-state index in [0.717, 1.165) is 50.0 Å². The van der Waals surface area contributed by atoms with E-state index in [-0.39, 0.29) is 17.9 Å². The average Bonchev–Trinajstić information content (AvgIpc) is 3.38. The number of hydrogen-bond acceptors (Lipinski definition) is 3. The summed E-state index contributed by atoms with van der Waals surface area (Å²) in [4.78, 5) is 33.8. The number of fused-ring (bicyclic) bond motifs is 1. The third kappa shape index (κ3) is 5.88. The summed E-state index contributed by atoms with van der Waals surface area (Å²) < 4.78 is 0. The Hall–Kier alpha value is -4.22. The molecule has 0 aromatic heterocycles. The lowest BCUT2D eigenvalue weighted by molar-refractivity contribution is -0.138. The van der Waals surface area contributed by atoms with Crippen molar-refractivity contribution in [1.82, 2.24) is 14.7 Å². The van der Waals surface area contributed by atoms with Gasteiger partial charge in [-0.05, 0) is 54.1 Å². The molecular weight excluding hydrogens is 518 g/mol. The number of amides is 2. The van der Waals surface area contributed by atoms with Crippen LogP contribution in [0.2, 0.25) is 0 Å². The fraction of sp³-hybridized carbons (Fsp3) is 0.297. The molecule has 2 aliphatic rings. The Kier molecular flexibility index (Phi) is 8.47. The van der Waals surface area contributed by atoms with E-state index in [1.165, 1.54) is 11.1 Å². The molecule has 1 unspecified atom stereocenters. The molecule has 0 N–H and O–H groups in total. The number of piperidine rings is 1. The van der Waals surface area contributed by atoms with Crippen molar-refractivity contribution >= 4 is 11.8 Å². The molecule has 42 heavy (non-hydrogen) atoms. The van der Waals surface area contributed by atoms with Crippen LogP contribution in [0.5, 0.6) is 0 Å². The number of carbonyl (C=O) groups excluding carboxylic acids is 2. The summed E-state index contributed by atoms with van der Waals surface area (Å²) in [5.41, 5.74) is 5.26. The molecule has 2 amide bonds. The monoisotopic (exact) mass is 557 g/mol. The molecular formula is C37H39N3O2. The van der Waals surface area contributed by atoms with Gasteiger partial charge in [0.2, 0.25) is 5.91 Å². The topological polar surface area (TPSA) is 43.9 Å². The van der Waals surface area contributed by atoms with Crippen molar-refractivity contribution in [2.24, 2.45) is 0 Å². The van der Waals surface area contributed by atoms with Gasteiger partial charge >= 0.3 is 0 Å². The molecule has 4 aromatic rings. The first-order chi connectivity index (χ1) is 20.6. The molecule has 4 aromatic carbocycles. The van der Waals surface area contributed by atoms with Crippen LogP contribution in [0.4, 0.5) is 0 Å². The summed E-state index contributed by atoms with van der Waals surface area (Å²) >= 11 is 0. The molecule has 214 valence electrons. The number of likely N-dealkylation sites (tertiary alicyclic amines) is 1. The fourth-order valence-electron chi connectivity index (χ4n) is 6.69. The minimum Gasteiger partial charge on any atom is -0.341 e. The third-order valence-electron chi connectivity index (χ3n) is 9.10. The minimum absolute atomic E-state index is 0.00553. The first-order valence-electron chi connectivity index (χ1n) is 15.1. The fourth-order valence-corrected chi connectivity index (χ4v) is 6.69. The van der Waals surface area contributed by atoms with Gasteiger partial charge in [0.05, 0.1) is 0 Å². The van der Waals surface area contributed by atoms with E-state index in [1.54, 1.807) is 4.90 Å². The Balaban J connectivity index is 1.11. The molecule has 2 heterocycles. The van der Waals surface area contributed by atoms with E-state index in [0.29, 0.717) is 18.0 Å². The third-order valence-corrected chi connectivity index (χ3v) is 9.10. The SMILES string of the molecule is CN(C(=O)C(c1ccccc1)N1Cc2ccccc2C1=O)C1CCN(CCC(c2ccccc2)c2ccccc2)CC1. The van der Waals surface area contributed by atoms with Crippen LogP contribution in [-0.4, -0.2) is 59.2 Å². The van der Waals surface area contributed by atoms with Crippen LogP contribution in [0.1, 0.15) is 63.8 Å². The Morgan fingerprint density at radius 2 is 1.29 bits per heavy atom. The van der Waals surface area contributed by atoms with E-state index >= 15 is 0 Å². The smallest absolute Gasteiger partial charge is 0.255 e. The molecule has 5 nitrogen and oxygen atoms in total. The second-order valence-electron chi connectivity index (χ2n) is 11.6. The van der Waals surface area contributed by atoms with Gasteiger partial charge in [0.1, 0.15) is 6.04 Å². The standard InChI is InChI=1S/C37H39N3O2/c1-38(37(42)35(30-17-9-4-10-18-30)40-27-31-19-11-12-20-34(31)36(40)41)32-21-24-39(25-22-32)26-23-33(28-13-5-2-6-14-28)29-15-7-3-8-16-29/h2-20,32-33,35H,21-27H2,1H3. The number of carbonyl (C=O) groups is 2. The van der Waals surface area contributed by atoms with Crippen LogP contribution in [0.15, 0.2) is 115 Å². The summed E-state index contributed by atoms with van der Waals surface area (Å²) in [5.74, 6) is 0.291. The zero-order valence-corrected chi connectivity index (χ0v) is 24.3. The molecule has 1 fully saturated rings. The summed E-state index contributed by atoms with van der Waals surface area (Å²) in [5, 5.41) is 0. The molecule has 0 bridgehead atoms. The summed E-state index contributed by atoms with van der Waals surface area (Å²) in [6, 6.07) is 38.6. The summed E-state index contributed by atoms with van der Waals surface area (Å²) in [6.07, 6.45) is 2.92. The van der Waals surface area contributed by atoms with Crippen molar-refractivity contribution in [3.05, 3.63) is 143 Å². The van der Waals surface area contributed by atoms with Gasteiger partial charge in [0.25, 0.3) is 5.91 Å². The highest BCUT2D eigenvalue weighted by Gasteiger charge is 2.40. The average molecular weight is 558 g/mol. The number of rotatable bonds is 9. The van der Waals surface area contributed by atoms with E-state index in [1.807, 2.05) is 66.5 Å².